The van der Waals surface area contributed by atoms with Gasteiger partial charge >= 0.3 is 6.03 Å². The highest BCUT2D eigenvalue weighted by molar-refractivity contribution is 7.62. The van der Waals surface area contributed by atoms with E-state index in [9.17, 15) is 14.6 Å². The van der Waals surface area contributed by atoms with Crippen molar-refractivity contribution in [3.63, 3.8) is 0 Å². The van der Waals surface area contributed by atoms with Gasteiger partial charge in [0.25, 0.3) is 0 Å². The van der Waals surface area contributed by atoms with Crippen molar-refractivity contribution in [3.05, 3.63) is 95.6 Å². The van der Waals surface area contributed by atoms with Crippen LogP contribution in [0.4, 0.5) is 4.79 Å². The van der Waals surface area contributed by atoms with Gasteiger partial charge in [-0.25, -0.2) is 4.79 Å². The lowest BCUT2D eigenvalue weighted by Gasteiger charge is -2.41. The van der Waals surface area contributed by atoms with Crippen LogP contribution in [0.2, 0.25) is 18.1 Å². The molecule has 0 saturated heterocycles. The highest BCUT2D eigenvalue weighted by atomic mass is 31.2. The molecule has 10 nitrogen and oxygen atoms in total. The second-order valence-electron chi connectivity index (χ2n) is 17.1. The van der Waals surface area contributed by atoms with Crippen LogP contribution in [0.1, 0.15) is 97.3 Å². The van der Waals surface area contributed by atoms with E-state index in [4.69, 9.17) is 18.6 Å². The quantitative estimate of drug-likeness (QED) is 0.0396. The second kappa shape index (κ2) is 22.6. The number of nitriles is 1. The van der Waals surface area contributed by atoms with E-state index < -0.39 is 27.3 Å². The maximum atomic E-state index is 14.0. The lowest BCUT2D eigenvalue weighted by molar-refractivity contribution is -0.0327. The number of carbonyl (C=O) groups is 1. The number of nitrogens with zero attached hydrogens (tertiary/aromatic N) is 2. The van der Waals surface area contributed by atoms with Crippen molar-refractivity contribution in [3.8, 4) is 17.6 Å². The fourth-order valence-corrected chi connectivity index (χ4v) is 11.8. The molecule has 0 heterocycles. The average molecular weight is 835 g/mol. The van der Waals surface area contributed by atoms with E-state index >= 15 is 0 Å². The zero-order valence-corrected chi connectivity index (χ0v) is 39.0. The van der Waals surface area contributed by atoms with E-state index in [2.05, 4.69) is 67.4 Å². The highest BCUT2D eigenvalue weighted by Crippen LogP contribution is 2.58. The summed E-state index contributed by atoms with van der Waals surface area (Å²) in [5.74, 6) is 1.49. The topological polar surface area (TPSA) is 122 Å². The van der Waals surface area contributed by atoms with Crippen LogP contribution in [0.15, 0.2) is 78.9 Å². The number of ether oxygens (including phenoxy) is 3. The summed E-state index contributed by atoms with van der Waals surface area (Å²) in [5, 5.41) is 15.3. The molecule has 0 bridgehead atoms. The Hall–Kier alpha value is -3.65. The number of benzene rings is 3. The Morgan fingerprint density at radius 3 is 1.78 bits per heavy atom. The van der Waals surface area contributed by atoms with Gasteiger partial charge in [0.15, 0.2) is 15.6 Å². The van der Waals surface area contributed by atoms with Crippen LogP contribution in [0.3, 0.4) is 0 Å². The molecule has 0 aliphatic rings. The molecule has 0 aliphatic carbocycles. The van der Waals surface area contributed by atoms with E-state index in [0.717, 1.165) is 53.9 Å². The van der Waals surface area contributed by atoms with Crippen LogP contribution < -0.4 is 20.1 Å². The molecule has 12 heteroatoms. The fraction of sp³-hybridized carbons (Fsp3) is 0.565. The normalized spacial score (nSPS) is 13.1. The van der Waals surface area contributed by atoms with Gasteiger partial charge in [-0.05, 0) is 71.9 Å². The predicted octanol–water partition coefficient (Wildman–Crippen LogP) is 10.6. The number of carbonyl (C=O) groups excluding carboxylic acids is 1. The molecule has 2 N–H and O–H groups in total. The number of rotatable bonds is 24. The molecule has 0 aliphatic heterocycles. The molecule has 0 aromatic heterocycles. The molecule has 3 aromatic rings. The smallest absolute Gasteiger partial charge is 0.314 e. The van der Waals surface area contributed by atoms with Gasteiger partial charge in [-0.2, -0.15) is 5.26 Å². The Kier molecular flexibility index (Phi) is 19.0. The number of methoxy groups -OCH3 is 2. The average Bonchev–Trinajstić information content (AvgIpc) is 3.20. The Morgan fingerprint density at radius 1 is 0.776 bits per heavy atom. The molecule has 0 saturated carbocycles. The first-order valence-electron chi connectivity index (χ1n) is 20.9. The van der Waals surface area contributed by atoms with Gasteiger partial charge in [0.2, 0.25) is 0 Å². The first kappa shape index (κ1) is 48.7. The van der Waals surface area contributed by atoms with Crippen molar-refractivity contribution in [2.75, 3.05) is 47.0 Å². The zero-order chi connectivity index (χ0) is 43.0. The van der Waals surface area contributed by atoms with Crippen LogP contribution in [0.5, 0.6) is 11.5 Å². The lowest BCUT2D eigenvalue weighted by Crippen LogP contribution is -2.50. The Labute approximate surface area is 350 Å². The zero-order valence-electron chi connectivity index (χ0n) is 37.1. The molecule has 1 atom stereocenters. The number of unbranched alkanes of at least 4 members (excludes halogenated alkanes) is 3. The summed E-state index contributed by atoms with van der Waals surface area (Å²) in [6.07, 6.45) is 3.54. The van der Waals surface area contributed by atoms with Gasteiger partial charge < -0.3 is 33.8 Å². The van der Waals surface area contributed by atoms with Gasteiger partial charge in [0, 0.05) is 43.9 Å². The summed E-state index contributed by atoms with van der Waals surface area (Å²) in [6.45, 7) is 21.4. The monoisotopic (exact) mass is 834 g/mol. The molecule has 3 rings (SSSR count). The van der Waals surface area contributed by atoms with Gasteiger partial charge in [0.05, 0.1) is 33.0 Å². The molecule has 0 radical (unpaired) electrons. The minimum Gasteiger partial charge on any atom is -0.497 e. The van der Waals surface area contributed by atoms with Gasteiger partial charge in [-0.3, -0.25) is 4.67 Å². The van der Waals surface area contributed by atoms with E-state index in [0.29, 0.717) is 26.1 Å². The largest absolute Gasteiger partial charge is 0.497 e. The molecule has 0 unspecified atom stereocenters. The summed E-state index contributed by atoms with van der Waals surface area (Å²) >= 11 is 0. The lowest BCUT2D eigenvalue weighted by atomic mass is 9.80. The molecule has 3 aromatic carbocycles. The standard InChI is InChI=1S/C46H71N4O6PSi/c1-36(2)57(52,37(3)4)50(33-19-30-47)32-18-13-12-17-31-48-44(51)49-34-43(56-58(10,11)45(5,6)7)35-55-46(38-20-15-14-16-21-38,39-22-26-41(53-8)27-23-39)40-24-28-42(54-9)29-25-40/h14-16,20-29,36-37,43H,12-13,17-19,31-35H2,1-11H3,(H2,48,49,51)/t43-/m1/s1. The first-order valence-corrected chi connectivity index (χ1v) is 25.6. The van der Waals surface area contributed by atoms with Crippen LogP contribution in [-0.4, -0.2) is 83.4 Å². The Bertz CT molecular complexity index is 1700. The number of amides is 2. The van der Waals surface area contributed by atoms with Crippen LogP contribution in [0, 0.1) is 11.3 Å². The molecule has 0 spiro atoms. The fourth-order valence-electron chi connectivity index (χ4n) is 7.12. The number of urea groups is 1. The SMILES string of the molecule is COc1ccc(C(OC[C@@H](CNC(=O)NCCCCCCN(CCC#N)P(=O)(C(C)C)C(C)C)O[Si](C)(C)C(C)(C)C)(c2ccccc2)c2ccc(OC)cc2)cc1. The van der Waals surface area contributed by atoms with Crippen LogP contribution in [0.25, 0.3) is 0 Å². The Morgan fingerprint density at radius 2 is 1.29 bits per heavy atom. The molecule has 0 fully saturated rings. The van der Waals surface area contributed by atoms with Crippen molar-refractivity contribution in [1.82, 2.24) is 15.3 Å². The van der Waals surface area contributed by atoms with E-state index in [1.807, 2.05) is 94.4 Å². The molecule has 58 heavy (non-hydrogen) atoms. The minimum absolute atomic E-state index is 0.0423. The van der Waals surface area contributed by atoms with Crippen molar-refractivity contribution >= 4 is 21.6 Å². The first-order chi connectivity index (χ1) is 27.5. The Balaban J connectivity index is 1.75. The van der Waals surface area contributed by atoms with Crippen LogP contribution in [-0.2, 0) is 19.3 Å². The van der Waals surface area contributed by atoms with Crippen molar-refractivity contribution in [1.29, 1.82) is 5.26 Å². The summed E-state index contributed by atoms with van der Waals surface area (Å²) in [7, 11) is -1.59. The summed E-state index contributed by atoms with van der Waals surface area (Å²) < 4.78 is 41.3. The summed E-state index contributed by atoms with van der Waals surface area (Å²) in [4.78, 5) is 13.2. The third-order valence-electron chi connectivity index (χ3n) is 11.4. The number of hydrogen-bond acceptors (Lipinski definition) is 7. The minimum atomic E-state index is -2.59. The third-order valence-corrected chi connectivity index (χ3v) is 20.2. The van der Waals surface area contributed by atoms with E-state index in [1.54, 1.807) is 14.2 Å². The molecular formula is C46H71N4O6PSi. The van der Waals surface area contributed by atoms with Crippen molar-refractivity contribution < 1.29 is 28.0 Å². The van der Waals surface area contributed by atoms with Gasteiger partial charge in [-0.1, -0.05) is 116 Å². The van der Waals surface area contributed by atoms with Crippen molar-refractivity contribution in [2.45, 2.75) is 122 Å². The van der Waals surface area contributed by atoms with E-state index in [1.165, 1.54) is 0 Å². The number of nitrogens with one attached hydrogen (secondary N) is 2. The van der Waals surface area contributed by atoms with Crippen LogP contribution >= 0.6 is 7.29 Å². The maximum absolute atomic E-state index is 14.0. The maximum Gasteiger partial charge on any atom is 0.314 e. The summed E-state index contributed by atoms with van der Waals surface area (Å²) in [6, 6.07) is 28.1. The second-order valence-corrected chi connectivity index (χ2v) is 25.8. The third kappa shape index (κ3) is 12.9. The highest BCUT2D eigenvalue weighted by Gasteiger charge is 2.42. The van der Waals surface area contributed by atoms with Gasteiger partial charge in [-0.15, -0.1) is 0 Å². The molecule has 320 valence electrons. The van der Waals surface area contributed by atoms with Crippen molar-refractivity contribution in [2.24, 2.45) is 0 Å². The van der Waals surface area contributed by atoms with Gasteiger partial charge in [0.1, 0.15) is 17.1 Å². The number of hydrogen-bond donors (Lipinski definition) is 2. The molecule has 2 amide bonds. The summed E-state index contributed by atoms with van der Waals surface area (Å²) in [5.41, 5.74) is 1.85. The predicted molar refractivity (Wildman–Crippen MR) is 240 cm³/mol. The van der Waals surface area contributed by atoms with E-state index in [-0.39, 0.29) is 35.5 Å². The molecular weight excluding hydrogens is 764 g/mol.